The minimum atomic E-state index is -1.09. The van der Waals surface area contributed by atoms with Crippen LogP contribution in [-0.4, -0.2) is 37.7 Å². The Kier molecular flexibility index (Phi) is 3.91. The average Bonchev–Trinajstić information content (AvgIpc) is 2.74. The van der Waals surface area contributed by atoms with Crippen LogP contribution in [0.15, 0.2) is 41.4 Å². The number of aliphatic carboxylic acids is 1. The van der Waals surface area contributed by atoms with Crippen molar-refractivity contribution in [1.29, 1.82) is 0 Å². The maximum absolute atomic E-state index is 12.2. The first-order valence-electron chi connectivity index (χ1n) is 6.36. The summed E-state index contributed by atoms with van der Waals surface area (Å²) in [6.07, 6.45) is 3.35. The molecule has 1 aliphatic rings. The van der Waals surface area contributed by atoms with Crippen LogP contribution in [0.2, 0.25) is 0 Å². The summed E-state index contributed by atoms with van der Waals surface area (Å²) in [6, 6.07) is 9.60. The van der Waals surface area contributed by atoms with Crippen molar-refractivity contribution in [2.75, 3.05) is 6.54 Å². The highest BCUT2D eigenvalue weighted by Crippen LogP contribution is 2.32. The summed E-state index contributed by atoms with van der Waals surface area (Å²) in [6.45, 7) is -0.419. The molecule has 110 valence electrons. The van der Waals surface area contributed by atoms with Crippen LogP contribution in [-0.2, 0) is 9.59 Å². The Hall–Kier alpha value is -2.25. The third kappa shape index (κ3) is 2.86. The van der Waals surface area contributed by atoms with Crippen LogP contribution in [0.5, 0.6) is 0 Å². The molecule has 0 aliphatic carbocycles. The molecule has 22 heavy (non-hydrogen) atoms. The normalized spacial score (nSPS) is 16.7. The van der Waals surface area contributed by atoms with Crippen LogP contribution in [0.4, 0.5) is 0 Å². The monoisotopic (exact) mass is 330 g/mol. The number of carboxylic acids is 1. The highest BCUT2D eigenvalue weighted by atomic mass is 32.2. The molecule has 2 aromatic rings. The highest BCUT2D eigenvalue weighted by Gasteiger charge is 2.33. The predicted molar refractivity (Wildman–Crippen MR) is 89.3 cm³/mol. The van der Waals surface area contributed by atoms with Gasteiger partial charge < -0.3 is 5.11 Å². The van der Waals surface area contributed by atoms with Gasteiger partial charge in [-0.2, -0.15) is 0 Å². The van der Waals surface area contributed by atoms with Gasteiger partial charge in [0.05, 0.1) is 10.4 Å². The minimum absolute atomic E-state index is 0.257. The maximum atomic E-state index is 12.2. The fourth-order valence-electron chi connectivity index (χ4n) is 2.09. The van der Waals surface area contributed by atoms with Gasteiger partial charge in [0.1, 0.15) is 10.9 Å². The lowest BCUT2D eigenvalue weighted by atomic mass is 10.1. The number of para-hydroxylation sites is 1. The Balaban J connectivity index is 1.92. The minimum Gasteiger partial charge on any atom is -0.480 e. The van der Waals surface area contributed by atoms with Crippen LogP contribution in [0.25, 0.3) is 17.0 Å². The van der Waals surface area contributed by atoms with E-state index >= 15 is 0 Å². The summed E-state index contributed by atoms with van der Waals surface area (Å²) in [5, 5.41) is 9.78. The van der Waals surface area contributed by atoms with E-state index in [1.807, 2.05) is 30.3 Å². The number of carbonyl (C=O) groups excluding carboxylic acids is 1. The molecule has 1 N–H and O–H groups in total. The van der Waals surface area contributed by atoms with E-state index in [-0.39, 0.29) is 10.2 Å². The quantitative estimate of drug-likeness (QED) is 0.689. The van der Waals surface area contributed by atoms with Gasteiger partial charge in [-0.05, 0) is 23.8 Å². The standard InChI is InChI=1S/C15H10N2O3S2/c18-13(19)8-17-14(20)12(22-15(17)21)6-9-5-10-3-1-2-4-11(10)16-7-9/h1-7H,8H2,(H,18,19). The van der Waals surface area contributed by atoms with Gasteiger partial charge in [-0.15, -0.1) is 0 Å². The van der Waals surface area contributed by atoms with Gasteiger partial charge in [-0.25, -0.2) is 0 Å². The number of nitrogens with zero attached hydrogens (tertiary/aromatic N) is 2. The SMILES string of the molecule is O=C(O)CN1C(=O)C(=Cc2cnc3ccccc3c2)SC1=S. The first-order chi connectivity index (χ1) is 10.5. The van der Waals surface area contributed by atoms with E-state index in [1.54, 1.807) is 12.3 Å². The van der Waals surface area contributed by atoms with Gasteiger partial charge in [-0.1, -0.05) is 42.2 Å². The number of hydrogen-bond acceptors (Lipinski definition) is 5. The molecule has 3 rings (SSSR count). The van der Waals surface area contributed by atoms with Gasteiger partial charge in [0.2, 0.25) is 0 Å². The van der Waals surface area contributed by atoms with E-state index in [2.05, 4.69) is 4.98 Å². The second kappa shape index (κ2) is 5.86. The molecule has 0 unspecified atom stereocenters. The first-order valence-corrected chi connectivity index (χ1v) is 7.59. The molecule has 0 bridgehead atoms. The smallest absolute Gasteiger partial charge is 0.323 e. The molecule has 1 fully saturated rings. The Morgan fingerprint density at radius 1 is 1.41 bits per heavy atom. The first kappa shape index (κ1) is 14.7. The Bertz CT molecular complexity index is 832. The highest BCUT2D eigenvalue weighted by molar-refractivity contribution is 8.26. The van der Waals surface area contributed by atoms with Crippen molar-refractivity contribution in [1.82, 2.24) is 9.88 Å². The summed E-state index contributed by atoms with van der Waals surface area (Å²) < 4.78 is 0.257. The van der Waals surface area contributed by atoms with Crippen LogP contribution in [0.1, 0.15) is 5.56 Å². The molecule has 1 aliphatic heterocycles. The third-order valence-electron chi connectivity index (χ3n) is 3.08. The second-order valence-corrected chi connectivity index (χ2v) is 6.30. The topological polar surface area (TPSA) is 70.5 Å². The lowest BCUT2D eigenvalue weighted by Gasteiger charge is -2.10. The third-order valence-corrected chi connectivity index (χ3v) is 4.45. The van der Waals surface area contributed by atoms with Crippen molar-refractivity contribution in [3.05, 3.63) is 47.0 Å². The lowest BCUT2D eigenvalue weighted by molar-refractivity contribution is -0.140. The number of pyridine rings is 1. The van der Waals surface area contributed by atoms with E-state index in [9.17, 15) is 9.59 Å². The molecule has 1 saturated heterocycles. The molecule has 2 heterocycles. The van der Waals surface area contributed by atoms with E-state index in [4.69, 9.17) is 17.3 Å². The number of thioether (sulfide) groups is 1. The van der Waals surface area contributed by atoms with Gasteiger partial charge in [0.25, 0.3) is 5.91 Å². The fourth-order valence-corrected chi connectivity index (χ4v) is 3.35. The number of hydrogen-bond donors (Lipinski definition) is 1. The van der Waals surface area contributed by atoms with Crippen molar-refractivity contribution in [2.24, 2.45) is 0 Å². The summed E-state index contributed by atoms with van der Waals surface area (Å²) in [5.74, 6) is -1.48. The predicted octanol–water partition coefficient (Wildman–Crippen LogP) is 2.52. The van der Waals surface area contributed by atoms with Gasteiger partial charge >= 0.3 is 5.97 Å². The average molecular weight is 330 g/mol. The molecule has 5 nitrogen and oxygen atoms in total. The van der Waals surface area contributed by atoms with Gasteiger partial charge in [-0.3, -0.25) is 19.5 Å². The molecule has 7 heteroatoms. The fraction of sp³-hybridized carbons (Fsp3) is 0.0667. The van der Waals surface area contributed by atoms with Crippen molar-refractivity contribution < 1.29 is 14.7 Å². The number of thiocarbonyl (C=S) groups is 1. The molecule has 0 atom stereocenters. The number of carbonyl (C=O) groups is 2. The number of fused-ring (bicyclic) bond motifs is 1. The van der Waals surface area contributed by atoms with E-state index in [1.165, 1.54) is 0 Å². The van der Waals surface area contributed by atoms with Crippen LogP contribution >= 0.6 is 24.0 Å². The van der Waals surface area contributed by atoms with Crippen molar-refractivity contribution in [3.8, 4) is 0 Å². The maximum Gasteiger partial charge on any atom is 0.323 e. The number of amides is 1. The summed E-state index contributed by atoms with van der Waals surface area (Å²) in [7, 11) is 0. The Morgan fingerprint density at radius 2 is 2.18 bits per heavy atom. The molecular weight excluding hydrogens is 320 g/mol. The summed E-state index contributed by atoms with van der Waals surface area (Å²) in [5.41, 5.74) is 1.65. The Morgan fingerprint density at radius 3 is 2.95 bits per heavy atom. The van der Waals surface area contributed by atoms with Crippen molar-refractivity contribution >= 4 is 57.2 Å². The van der Waals surface area contributed by atoms with Gasteiger partial charge in [0.15, 0.2) is 0 Å². The van der Waals surface area contributed by atoms with E-state index < -0.39 is 12.5 Å². The summed E-state index contributed by atoms with van der Waals surface area (Å²) >= 11 is 6.16. The molecule has 1 amide bonds. The van der Waals surface area contributed by atoms with E-state index in [0.29, 0.717) is 4.91 Å². The molecule has 0 saturated carbocycles. The number of rotatable bonds is 3. The summed E-state index contributed by atoms with van der Waals surface area (Å²) in [4.78, 5) is 28.8. The molecule has 0 spiro atoms. The number of carboxylic acid groups (broad SMARTS) is 1. The molecular formula is C15H10N2O3S2. The second-order valence-electron chi connectivity index (χ2n) is 4.62. The zero-order valence-electron chi connectivity index (χ0n) is 11.2. The zero-order valence-corrected chi connectivity index (χ0v) is 12.9. The molecule has 1 aromatic carbocycles. The zero-order chi connectivity index (χ0) is 15.7. The molecule has 0 radical (unpaired) electrons. The van der Waals surface area contributed by atoms with E-state index in [0.717, 1.165) is 33.1 Å². The van der Waals surface area contributed by atoms with Crippen molar-refractivity contribution in [3.63, 3.8) is 0 Å². The van der Waals surface area contributed by atoms with Crippen LogP contribution < -0.4 is 0 Å². The van der Waals surface area contributed by atoms with Gasteiger partial charge in [0, 0.05) is 11.6 Å². The Labute approximate surface area is 135 Å². The largest absolute Gasteiger partial charge is 0.480 e. The van der Waals surface area contributed by atoms with Crippen LogP contribution in [0, 0.1) is 0 Å². The number of aromatic nitrogens is 1. The number of benzene rings is 1. The van der Waals surface area contributed by atoms with Crippen molar-refractivity contribution in [2.45, 2.75) is 0 Å². The molecule has 1 aromatic heterocycles. The van der Waals surface area contributed by atoms with Crippen LogP contribution in [0.3, 0.4) is 0 Å². The lowest BCUT2D eigenvalue weighted by Crippen LogP contribution is -2.33.